The van der Waals surface area contributed by atoms with Crippen molar-refractivity contribution in [2.45, 2.75) is 45.1 Å². The van der Waals surface area contributed by atoms with Crippen LogP contribution in [0.1, 0.15) is 42.6 Å². The molecule has 1 saturated heterocycles. The Hall–Kier alpha value is -1.61. The molecule has 1 aromatic heterocycles. The molecule has 0 aromatic carbocycles. The maximum absolute atomic E-state index is 12.4. The number of hydrogen-bond acceptors (Lipinski definition) is 4. The summed E-state index contributed by atoms with van der Waals surface area (Å²) in [6.45, 7) is 2.04. The van der Waals surface area contributed by atoms with Crippen molar-refractivity contribution in [3.05, 3.63) is 17.0 Å². The van der Waals surface area contributed by atoms with Crippen molar-refractivity contribution >= 4 is 16.1 Å². The van der Waals surface area contributed by atoms with Crippen LogP contribution in [-0.2, 0) is 29.4 Å². The minimum absolute atomic E-state index is 0.144. The summed E-state index contributed by atoms with van der Waals surface area (Å²) >= 11 is 0. The topological polar surface area (TPSA) is 98.4 Å². The average Bonchev–Trinajstić information content (AvgIpc) is 3.02. The summed E-state index contributed by atoms with van der Waals surface area (Å²) in [4.78, 5) is 14.0. The third kappa shape index (κ3) is 4.56. The van der Waals surface area contributed by atoms with Crippen molar-refractivity contribution in [3.63, 3.8) is 0 Å². The van der Waals surface area contributed by atoms with Gasteiger partial charge < -0.3 is 10.2 Å². The number of hydrogen-bond donors (Lipinski definition) is 2. The fraction of sp³-hybridized carbons (Fsp3) is 0.765. The number of carbonyl (C=O) groups excluding carboxylic acids is 1. The van der Waals surface area contributed by atoms with Gasteiger partial charge in [-0.3, -0.25) is 5.10 Å². The Morgan fingerprint density at radius 2 is 2.12 bits per heavy atom. The van der Waals surface area contributed by atoms with E-state index in [4.69, 9.17) is 0 Å². The first-order chi connectivity index (χ1) is 12.3. The van der Waals surface area contributed by atoms with Gasteiger partial charge in [0, 0.05) is 32.4 Å². The summed E-state index contributed by atoms with van der Waals surface area (Å²) in [7, 11) is -1.39. The van der Waals surface area contributed by atoms with Crippen LogP contribution in [0.5, 0.6) is 0 Å². The number of sulfonamides is 1. The highest BCUT2D eigenvalue weighted by Crippen LogP contribution is 2.23. The molecule has 0 spiro atoms. The van der Waals surface area contributed by atoms with Crippen molar-refractivity contribution in [3.8, 4) is 0 Å². The second kappa shape index (κ2) is 7.96. The van der Waals surface area contributed by atoms with Gasteiger partial charge in [-0.05, 0) is 50.0 Å². The maximum atomic E-state index is 12.4. The molecule has 1 aromatic rings. The van der Waals surface area contributed by atoms with Crippen molar-refractivity contribution in [2.75, 3.05) is 32.9 Å². The molecule has 9 heteroatoms. The minimum Gasteiger partial charge on any atom is -0.338 e. The first-order valence-corrected chi connectivity index (χ1v) is 11.2. The van der Waals surface area contributed by atoms with E-state index in [-0.39, 0.29) is 11.9 Å². The van der Waals surface area contributed by atoms with Crippen LogP contribution in [-0.4, -0.2) is 66.8 Å². The normalized spacial score (nSPS) is 21.2. The van der Waals surface area contributed by atoms with Gasteiger partial charge in [0.25, 0.3) is 0 Å². The summed E-state index contributed by atoms with van der Waals surface area (Å²) in [6.07, 6.45) is 7.44. The number of nitrogens with one attached hydrogen (secondary N) is 2. The molecule has 2 heterocycles. The lowest BCUT2D eigenvalue weighted by atomic mass is 9.96. The smallest absolute Gasteiger partial charge is 0.317 e. The number of rotatable bonds is 5. The lowest BCUT2D eigenvalue weighted by Crippen LogP contribution is -2.45. The summed E-state index contributed by atoms with van der Waals surface area (Å²) in [6, 6.07) is -0.144. The van der Waals surface area contributed by atoms with Crippen molar-refractivity contribution in [1.29, 1.82) is 0 Å². The Kier molecular flexibility index (Phi) is 5.86. The number of aromatic amines is 1. The second-order valence-electron chi connectivity index (χ2n) is 7.51. The van der Waals surface area contributed by atoms with E-state index in [1.54, 1.807) is 11.9 Å². The Morgan fingerprint density at radius 3 is 2.88 bits per heavy atom. The van der Waals surface area contributed by atoms with Crippen molar-refractivity contribution in [2.24, 2.45) is 5.92 Å². The molecule has 2 amide bonds. The number of fused-ring (bicyclic) bond motifs is 1. The van der Waals surface area contributed by atoms with E-state index < -0.39 is 10.0 Å². The number of aromatic nitrogens is 2. The molecule has 0 bridgehead atoms. The Morgan fingerprint density at radius 1 is 1.35 bits per heavy atom. The van der Waals surface area contributed by atoms with Gasteiger partial charge in [-0.2, -0.15) is 5.10 Å². The van der Waals surface area contributed by atoms with E-state index >= 15 is 0 Å². The molecule has 3 rings (SSSR count). The number of nitrogens with zero attached hydrogens (tertiary/aromatic N) is 3. The highest BCUT2D eigenvalue weighted by Gasteiger charge is 2.26. The number of aryl methyl sites for hydroxylation is 1. The second-order valence-corrected chi connectivity index (χ2v) is 9.49. The Labute approximate surface area is 155 Å². The number of urea groups is 1. The monoisotopic (exact) mass is 383 g/mol. The van der Waals surface area contributed by atoms with Gasteiger partial charge in [0.15, 0.2) is 0 Å². The molecule has 2 N–H and O–H groups in total. The number of carbonyl (C=O) groups is 1. The van der Waals surface area contributed by atoms with Crippen LogP contribution >= 0.6 is 0 Å². The minimum atomic E-state index is -3.16. The lowest BCUT2D eigenvalue weighted by Gasteiger charge is -2.31. The van der Waals surface area contributed by atoms with Gasteiger partial charge in [0.05, 0.1) is 18.5 Å². The van der Waals surface area contributed by atoms with E-state index in [1.165, 1.54) is 34.7 Å². The average molecular weight is 384 g/mol. The molecule has 1 fully saturated rings. The van der Waals surface area contributed by atoms with Gasteiger partial charge in [0.1, 0.15) is 0 Å². The predicted octanol–water partition coefficient (Wildman–Crippen LogP) is 1.10. The molecule has 26 heavy (non-hydrogen) atoms. The lowest BCUT2D eigenvalue weighted by molar-refractivity contribution is 0.199. The number of H-pyrrole nitrogens is 1. The van der Waals surface area contributed by atoms with Gasteiger partial charge in [-0.25, -0.2) is 17.5 Å². The van der Waals surface area contributed by atoms with Crippen LogP contribution in [0.25, 0.3) is 0 Å². The fourth-order valence-electron chi connectivity index (χ4n) is 3.84. The molecule has 0 radical (unpaired) electrons. The molecule has 1 aliphatic carbocycles. The third-order valence-electron chi connectivity index (χ3n) is 5.37. The SMILES string of the molecule is CN(Cc1n[nH]c2c1CCCC2)C(=O)NC[C@H]1CCCN(S(C)(=O)=O)C1. The zero-order valence-corrected chi connectivity index (χ0v) is 16.4. The summed E-state index contributed by atoms with van der Waals surface area (Å²) in [5.41, 5.74) is 3.44. The standard InChI is InChI=1S/C17H29N5O3S/c1-21(12-16-14-7-3-4-8-15(14)19-20-16)17(23)18-10-13-6-5-9-22(11-13)26(2,24)25/h13H,3-12H2,1-2H3,(H,18,23)(H,19,20)/t13-/m1/s1. The van der Waals surface area contributed by atoms with Crippen LogP contribution in [0.2, 0.25) is 0 Å². The molecular formula is C17H29N5O3S. The van der Waals surface area contributed by atoms with Crippen LogP contribution in [0.4, 0.5) is 4.79 Å². The molecule has 0 unspecified atom stereocenters. The fourth-order valence-corrected chi connectivity index (χ4v) is 4.78. The van der Waals surface area contributed by atoms with Gasteiger partial charge in [0.2, 0.25) is 10.0 Å². The Bertz CT molecular complexity index is 746. The van der Waals surface area contributed by atoms with Crippen LogP contribution in [0.15, 0.2) is 0 Å². The van der Waals surface area contributed by atoms with E-state index in [9.17, 15) is 13.2 Å². The maximum Gasteiger partial charge on any atom is 0.317 e. The van der Waals surface area contributed by atoms with E-state index in [2.05, 4.69) is 15.5 Å². The van der Waals surface area contributed by atoms with Crippen LogP contribution < -0.4 is 5.32 Å². The first kappa shape index (κ1) is 19.2. The molecular weight excluding hydrogens is 354 g/mol. The zero-order chi connectivity index (χ0) is 18.7. The quantitative estimate of drug-likeness (QED) is 0.795. The molecule has 8 nitrogen and oxygen atoms in total. The highest BCUT2D eigenvalue weighted by atomic mass is 32.2. The number of amides is 2. The van der Waals surface area contributed by atoms with Gasteiger partial charge >= 0.3 is 6.03 Å². The summed E-state index contributed by atoms with van der Waals surface area (Å²) in [5.74, 6) is 0.161. The van der Waals surface area contributed by atoms with Gasteiger partial charge in [-0.1, -0.05) is 0 Å². The summed E-state index contributed by atoms with van der Waals surface area (Å²) < 4.78 is 24.9. The molecule has 0 saturated carbocycles. The number of piperidine rings is 1. The van der Waals surface area contributed by atoms with E-state index in [0.717, 1.165) is 31.4 Å². The molecule has 1 atom stereocenters. The third-order valence-corrected chi connectivity index (χ3v) is 6.64. The van der Waals surface area contributed by atoms with Crippen LogP contribution in [0, 0.1) is 5.92 Å². The predicted molar refractivity (Wildman–Crippen MR) is 99.2 cm³/mol. The summed E-state index contributed by atoms with van der Waals surface area (Å²) in [5, 5.41) is 10.4. The van der Waals surface area contributed by atoms with Crippen LogP contribution in [0.3, 0.4) is 0 Å². The molecule has 146 valence electrons. The first-order valence-electron chi connectivity index (χ1n) is 9.33. The van der Waals surface area contributed by atoms with Gasteiger partial charge in [-0.15, -0.1) is 0 Å². The van der Waals surface area contributed by atoms with Crippen molar-refractivity contribution in [1.82, 2.24) is 24.7 Å². The Balaban J connectivity index is 1.49. The largest absolute Gasteiger partial charge is 0.338 e. The molecule has 2 aliphatic rings. The highest BCUT2D eigenvalue weighted by molar-refractivity contribution is 7.88. The van der Waals surface area contributed by atoms with E-state index in [0.29, 0.717) is 26.2 Å². The van der Waals surface area contributed by atoms with E-state index in [1.807, 2.05) is 0 Å². The zero-order valence-electron chi connectivity index (χ0n) is 15.6. The van der Waals surface area contributed by atoms with Crippen molar-refractivity contribution < 1.29 is 13.2 Å². The molecule has 1 aliphatic heterocycles.